The number of halogens is 1. The summed E-state index contributed by atoms with van der Waals surface area (Å²) in [7, 11) is 0. The van der Waals surface area contributed by atoms with Crippen molar-refractivity contribution in [2.45, 2.75) is 53.1 Å². The van der Waals surface area contributed by atoms with Crippen molar-refractivity contribution in [3.05, 3.63) is 63.9 Å². The van der Waals surface area contributed by atoms with Crippen LogP contribution in [0.25, 0.3) is 22.0 Å². The summed E-state index contributed by atoms with van der Waals surface area (Å²) in [5.41, 5.74) is 4.38. The highest BCUT2D eigenvalue weighted by Crippen LogP contribution is 2.91. The minimum absolute atomic E-state index is 0.0576. The Morgan fingerprint density at radius 3 is 2.49 bits per heavy atom. The van der Waals surface area contributed by atoms with E-state index in [-0.39, 0.29) is 35.0 Å². The molecule has 1 saturated heterocycles. The average molecular weight is 615 g/mol. The zero-order valence-electron chi connectivity index (χ0n) is 23.2. The molecule has 1 N–H and O–H groups in total. The van der Waals surface area contributed by atoms with Gasteiger partial charge in [-0.05, 0) is 89.8 Å². The van der Waals surface area contributed by atoms with Gasteiger partial charge in [-0.2, -0.15) is 5.10 Å². The van der Waals surface area contributed by atoms with Crippen LogP contribution in [0.4, 0.5) is 5.82 Å². The summed E-state index contributed by atoms with van der Waals surface area (Å²) in [5, 5.41) is 8.25. The zero-order chi connectivity index (χ0) is 28.8. The lowest BCUT2D eigenvalue weighted by Gasteiger charge is -2.32. The van der Waals surface area contributed by atoms with Gasteiger partial charge in [0.1, 0.15) is 34.5 Å². The highest BCUT2D eigenvalue weighted by molar-refractivity contribution is 9.10. The quantitative estimate of drug-likeness (QED) is 0.252. The zero-order valence-corrected chi connectivity index (χ0v) is 24.7. The molecule has 2 amide bonds. The second kappa shape index (κ2) is 8.75. The van der Waals surface area contributed by atoms with Crippen LogP contribution in [0.2, 0.25) is 0 Å². The largest absolute Gasteiger partial charge is 0.328 e. The molecular formula is C30H28BrN7O3. The number of ketones is 1. The van der Waals surface area contributed by atoms with Crippen LogP contribution < -0.4 is 5.32 Å². The number of likely N-dealkylation sites (tertiary alicyclic amines) is 1. The molecule has 0 spiro atoms. The predicted molar refractivity (Wildman–Crippen MR) is 155 cm³/mol. The van der Waals surface area contributed by atoms with E-state index in [4.69, 9.17) is 0 Å². The third-order valence-electron chi connectivity index (χ3n) is 9.06. The fraction of sp³-hybridized carbons (Fsp3) is 0.367. The summed E-state index contributed by atoms with van der Waals surface area (Å²) in [4.78, 5) is 54.8. The van der Waals surface area contributed by atoms with Crippen LogP contribution in [0, 0.1) is 31.6 Å². The Morgan fingerprint density at radius 1 is 1.05 bits per heavy atom. The summed E-state index contributed by atoms with van der Waals surface area (Å²) in [5.74, 6) is 0.577. The van der Waals surface area contributed by atoms with Gasteiger partial charge in [-0.3, -0.25) is 19.1 Å². The second-order valence-corrected chi connectivity index (χ2v) is 12.6. The first-order valence-electron chi connectivity index (χ1n) is 13.6. The number of nitrogens with one attached hydrogen (secondary N) is 1. The number of aromatic nitrogens is 5. The maximum Gasteiger partial charge on any atom is 0.248 e. The standard InChI is InChI=1S/C30H28BrN7O3/c1-15-5-6-22(31)34-27(15)35-28(41)26-30-12-29(30,13-30)14-37(26)23(40)11-38-25-16(2)7-19(20-9-32-18(4)33-10-20)8-21(25)24(36-38)17(3)39/h5-10,26H,11-14H2,1-4H3,(H,34,35,41)/t26-,29?,30?/m1/s1. The summed E-state index contributed by atoms with van der Waals surface area (Å²) < 4.78 is 2.24. The molecule has 0 bridgehead atoms. The third-order valence-corrected chi connectivity index (χ3v) is 9.50. The molecule has 3 aromatic heterocycles. The Kier molecular flexibility index (Phi) is 5.54. The van der Waals surface area contributed by atoms with E-state index in [0.29, 0.717) is 33.9 Å². The lowest BCUT2D eigenvalue weighted by atomic mass is 9.99. The maximum absolute atomic E-state index is 13.8. The number of rotatable bonds is 6. The summed E-state index contributed by atoms with van der Waals surface area (Å²) >= 11 is 3.37. The third kappa shape index (κ3) is 3.93. The number of anilines is 1. The number of fused-ring (bicyclic) bond motifs is 1. The molecule has 3 fully saturated rings. The van der Waals surface area contributed by atoms with Crippen molar-refractivity contribution in [3.8, 4) is 11.1 Å². The van der Waals surface area contributed by atoms with Crippen LogP contribution >= 0.6 is 15.9 Å². The number of aryl methyl sites for hydroxylation is 3. The number of hydrogen-bond acceptors (Lipinski definition) is 7. The normalized spacial score (nSPS) is 23.7. The monoisotopic (exact) mass is 613 g/mol. The van der Waals surface area contributed by atoms with Crippen LogP contribution in [0.3, 0.4) is 0 Å². The number of hydrogen-bond donors (Lipinski definition) is 1. The summed E-state index contributed by atoms with van der Waals surface area (Å²) in [6, 6.07) is 7.05. The van der Waals surface area contributed by atoms with Crippen LogP contribution in [-0.2, 0) is 16.1 Å². The van der Waals surface area contributed by atoms with E-state index in [0.717, 1.165) is 40.6 Å². The molecule has 2 saturated carbocycles. The van der Waals surface area contributed by atoms with Crippen LogP contribution in [0.15, 0.2) is 41.3 Å². The Balaban J connectivity index is 1.20. The topological polar surface area (TPSA) is 123 Å². The molecule has 1 atom stereocenters. The minimum atomic E-state index is -0.557. The fourth-order valence-electron chi connectivity index (χ4n) is 6.81. The van der Waals surface area contributed by atoms with Crippen molar-refractivity contribution in [1.29, 1.82) is 0 Å². The van der Waals surface area contributed by atoms with E-state index in [1.54, 1.807) is 22.0 Å². The van der Waals surface area contributed by atoms with Crippen molar-refractivity contribution in [2.75, 3.05) is 11.9 Å². The van der Waals surface area contributed by atoms with Gasteiger partial charge in [-0.15, -0.1) is 0 Å². The molecule has 3 aliphatic rings. The summed E-state index contributed by atoms with van der Waals surface area (Å²) in [6.45, 7) is 7.62. The van der Waals surface area contributed by atoms with Gasteiger partial charge in [0.25, 0.3) is 0 Å². The maximum atomic E-state index is 13.8. The lowest BCUT2D eigenvalue weighted by Crippen LogP contribution is -2.50. The van der Waals surface area contributed by atoms with Crippen LogP contribution in [0.5, 0.6) is 0 Å². The predicted octanol–water partition coefficient (Wildman–Crippen LogP) is 4.41. The van der Waals surface area contributed by atoms with Crippen LogP contribution in [0.1, 0.15) is 47.2 Å². The number of nitrogens with zero attached hydrogens (tertiary/aromatic N) is 6. The number of carbonyl (C=O) groups excluding carboxylic acids is 3. The van der Waals surface area contributed by atoms with Gasteiger partial charge in [-0.1, -0.05) is 6.07 Å². The molecule has 41 heavy (non-hydrogen) atoms. The van der Waals surface area contributed by atoms with Crippen molar-refractivity contribution >= 4 is 50.2 Å². The highest BCUT2D eigenvalue weighted by atomic mass is 79.9. The fourth-order valence-corrected chi connectivity index (χ4v) is 7.12. The first-order chi connectivity index (χ1) is 19.5. The van der Waals surface area contributed by atoms with Gasteiger partial charge < -0.3 is 10.2 Å². The molecule has 0 unspecified atom stereocenters. The Labute approximate surface area is 244 Å². The van der Waals surface area contributed by atoms with Gasteiger partial charge in [0.2, 0.25) is 11.8 Å². The molecule has 10 nitrogen and oxygen atoms in total. The van der Waals surface area contributed by atoms with E-state index in [1.807, 2.05) is 45.0 Å². The van der Waals surface area contributed by atoms with E-state index >= 15 is 0 Å². The number of Topliss-reactive ketones (excluding diaryl/α,β-unsaturated/α-hetero) is 1. The average Bonchev–Trinajstić information content (AvgIpc) is 3.59. The number of amides is 2. The molecule has 208 valence electrons. The SMILES string of the molecule is CC(=O)c1nn(CC(=O)N2CC34CC3(C4)[C@H]2C(=O)Nc2nc(Br)ccc2C)c2c(C)cc(-c3cnc(C)nc3)cc12. The minimum Gasteiger partial charge on any atom is -0.328 e. The molecular weight excluding hydrogens is 586 g/mol. The van der Waals surface area contributed by atoms with Gasteiger partial charge in [0.05, 0.1) is 5.52 Å². The molecule has 2 aliphatic carbocycles. The lowest BCUT2D eigenvalue weighted by molar-refractivity contribution is -0.140. The first-order valence-corrected chi connectivity index (χ1v) is 14.4. The second-order valence-electron chi connectivity index (χ2n) is 11.8. The molecule has 1 aliphatic heterocycles. The molecule has 1 aromatic carbocycles. The van der Waals surface area contributed by atoms with Gasteiger partial charge in [-0.25, -0.2) is 15.0 Å². The van der Waals surface area contributed by atoms with E-state index in [9.17, 15) is 14.4 Å². The van der Waals surface area contributed by atoms with Crippen molar-refractivity contribution < 1.29 is 14.4 Å². The van der Waals surface area contributed by atoms with E-state index < -0.39 is 6.04 Å². The Bertz CT molecular complexity index is 1810. The number of carbonyl (C=O) groups is 3. The molecule has 4 aromatic rings. The van der Waals surface area contributed by atoms with Crippen molar-refractivity contribution in [2.24, 2.45) is 10.8 Å². The smallest absolute Gasteiger partial charge is 0.248 e. The van der Waals surface area contributed by atoms with Gasteiger partial charge in [0, 0.05) is 42.2 Å². The number of pyridine rings is 1. The molecule has 0 radical (unpaired) electrons. The molecule has 4 heterocycles. The summed E-state index contributed by atoms with van der Waals surface area (Å²) in [6.07, 6.45) is 5.44. The Hall–Kier alpha value is -3.99. The first kappa shape index (κ1) is 25.9. The van der Waals surface area contributed by atoms with Gasteiger partial charge >= 0.3 is 0 Å². The van der Waals surface area contributed by atoms with Crippen LogP contribution in [-0.4, -0.2) is 59.8 Å². The number of benzene rings is 1. The number of piperidine rings is 2. The van der Waals surface area contributed by atoms with Gasteiger partial charge in [0.15, 0.2) is 5.78 Å². The van der Waals surface area contributed by atoms with Crippen molar-refractivity contribution in [3.63, 3.8) is 0 Å². The molecule has 11 heteroatoms. The van der Waals surface area contributed by atoms with E-state index in [2.05, 4.69) is 41.3 Å². The van der Waals surface area contributed by atoms with E-state index in [1.165, 1.54) is 6.92 Å². The Morgan fingerprint density at radius 2 is 1.78 bits per heavy atom. The van der Waals surface area contributed by atoms with Crippen molar-refractivity contribution in [1.82, 2.24) is 29.6 Å². The highest BCUT2D eigenvalue weighted by Gasteiger charge is 2.91. The molecule has 7 rings (SSSR count).